The van der Waals surface area contributed by atoms with Crippen LogP contribution in [0.5, 0.6) is 0 Å². The molecular formula is C15H19N3O2. The fourth-order valence-electron chi connectivity index (χ4n) is 2.87. The Hall–Kier alpha value is -1.64. The Morgan fingerprint density at radius 1 is 1.35 bits per heavy atom. The molecule has 1 aromatic rings. The Bertz CT molecular complexity index is 489. The van der Waals surface area contributed by atoms with Crippen LogP contribution >= 0.6 is 0 Å². The Kier molecular flexibility index (Phi) is 3.86. The van der Waals surface area contributed by atoms with Crippen molar-refractivity contribution in [3.8, 4) is 6.07 Å². The van der Waals surface area contributed by atoms with E-state index in [0.717, 1.165) is 18.5 Å². The van der Waals surface area contributed by atoms with E-state index in [1.54, 1.807) is 12.3 Å². The maximum absolute atomic E-state index is 8.70. The molecule has 1 aliphatic carbocycles. The molecule has 3 rings (SSSR count). The third-order valence-corrected chi connectivity index (χ3v) is 3.94. The summed E-state index contributed by atoms with van der Waals surface area (Å²) in [5, 5.41) is 12.0. The summed E-state index contributed by atoms with van der Waals surface area (Å²) in [7, 11) is 0. The minimum absolute atomic E-state index is 0.0868. The fourth-order valence-corrected chi connectivity index (χ4v) is 2.87. The molecule has 1 spiro atoms. The van der Waals surface area contributed by atoms with Gasteiger partial charge in [-0.15, -0.1) is 0 Å². The summed E-state index contributed by atoms with van der Waals surface area (Å²) in [6.45, 7) is 1.35. The number of nitriles is 1. The number of hydrogen-bond donors (Lipinski definition) is 1. The second kappa shape index (κ2) is 5.78. The molecule has 1 N–H and O–H groups in total. The van der Waals surface area contributed by atoms with E-state index in [2.05, 4.69) is 10.3 Å². The van der Waals surface area contributed by atoms with Gasteiger partial charge in [-0.2, -0.15) is 5.26 Å². The lowest BCUT2D eigenvalue weighted by Gasteiger charge is -2.31. The van der Waals surface area contributed by atoms with Gasteiger partial charge in [-0.25, -0.2) is 4.98 Å². The third-order valence-electron chi connectivity index (χ3n) is 3.94. The summed E-state index contributed by atoms with van der Waals surface area (Å²) in [6.07, 6.45) is 7.46. The molecule has 1 aliphatic heterocycles. The highest BCUT2D eigenvalue weighted by atomic mass is 16.7. The number of ether oxygens (including phenoxy) is 2. The Labute approximate surface area is 118 Å². The molecule has 5 nitrogen and oxygen atoms in total. The van der Waals surface area contributed by atoms with E-state index < -0.39 is 0 Å². The molecule has 5 heteroatoms. The van der Waals surface area contributed by atoms with Gasteiger partial charge in [0.05, 0.1) is 18.5 Å². The number of aromatic nitrogens is 1. The van der Waals surface area contributed by atoms with Crippen LogP contribution in [0.15, 0.2) is 18.3 Å². The first kappa shape index (κ1) is 13.3. The average molecular weight is 273 g/mol. The molecule has 0 unspecified atom stereocenters. The van der Waals surface area contributed by atoms with Crippen molar-refractivity contribution in [2.24, 2.45) is 0 Å². The van der Waals surface area contributed by atoms with Gasteiger partial charge in [-0.1, -0.05) is 6.42 Å². The molecule has 1 atom stereocenters. The lowest BCUT2D eigenvalue weighted by Crippen LogP contribution is -2.34. The minimum Gasteiger partial charge on any atom is -0.381 e. The number of nitrogens with one attached hydrogen (secondary N) is 1. The van der Waals surface area contributed by atoms with Crippen LogP contribution in [0, 0.1) is 11.3 Å². The normalized spacial score (nSPS) is 24.4. The second-order valence-electron chi connectivity index (χ2n) is 5.45. The van der Waals surface area contributed by atoms with Gasteiger partial charge in [0.1, 0.15) is 17.9 Å². The van der Waals surface area contributed by atoms with E-state index in [-0.39, 0.29) is 11.9 Å². The molecule has 0 bridgehead atoms. The van der Waals surface area contributed by atoms with Crippen LogP contribution in [-0.2, 0) is 9.47 Å². The molecule has 2 heterocycles. The molecule has 0 aromatic carbocycles. The molecule has 1 saturated heterocycles. The van der Waals surface area contributed by atoms with Crippen LogP contribution in [-0.4, -0.2) is 30.0 Å². The van der Waals surface area contributed by atoms with Crippen molar-refractivity contribution in [2.75, 3.05) is 18.5 Å². The third kappa shape index (κ3) is 2.92. The summed E-state index contributed by atoms with van der Waals surface area (Å²) in [5.41, 5.74) is 1.33. The van der Waals surface area contributed by atoms with E-state index in [9.17, 15) is 0 Å². The number of nitrogens with zero attached hydrogens (tertiary/aromatic N) is 2. The van der Waals surface area contributed by atoms with Crippen molar-refractivity contribution in [1.82, 2.24) is 4.98 Å². The van der Waals surface area contributed by atoms with E-state index in [1.165, 1.54) is 19.3 Å². The number of pyridine rings is 1. The average Bonchev–Trinajstić information content (AvgIpc) is 2.89. The molecule has 0 radical (unpaired) electrons. The van der Waals surface area contributed by atoms with Gasteiger partial charge >= 0.3 is 0 Å². The Balaban J connectivity index is 1.50. The molecular weight excluding hydrogens is 254 g/mol. The van der Waals surface area contributed by atoms with E-state index >= 15 is 0 Å². The zero-order valence-corrected chi connectivity index (χ0v) is 11.5. The van der Waals surface area contributed by atoms with Crippen LogP contribution in [0.3, 0.4) is 0 Å². The van der Waals surface area contributed by atoms with Crippen molar-refractivity contribution >= 4 is 5.69 Å². The van der Waals surface area contributed by atoms with Crippen molar-refractivity contribution in [3.63, 3.8) is 0 Å². The molecule has 1 saturated carbocycles. The lowest BCUT2D eigenvalue weighted by molar-refractivity contribution is -0.185. The maximum atomic E-state index is 8.70. The predicted molar refractivity (Wildman–Crippen MR) is 74.1 cm³/mol. The van der Waals surface area contributed by atoms with Crippen LogP contribution in [0.4, 0.5) is 5.69 Å². The number of anilines is 1. The van der Waals surface area contributed by atoms with Crippen molar-refractivity contribution in [1.29, 1.82) is 5.26 Å². The van der Waals surface area contributed by atoms with Gasteiger partial charge in [0.25, 0.3) is 0 Å². The van der Waals surface area contributed by atoms with Gasteiger partial charge in [0.2, 0.25) is 0 Å². The largest absolute Gasteiger partial charge is 0.381 e. The first-order chi connectivity index (χ1) is 9.80. The monoisotopic (exact) mass is 273 g/mol. The van der Waals surface area contributed by atoms with Gasteiger partial charge in [0, 0.05) is 19.4 Å². The zero-order chi connectivity index (χ0) is 13.8. The number of rotatable bonds is 3. The Morgan fingerprint density at radius 2 is 2.20 bits per heavy atom. The van der Waals surface area contributed by atoms with Crippen LogP contribution in [0.25, 0.3) is 0 Å². The highest BCUT2D eigenvalue weighted by molar-refractivity contribution is 5.42. The molecule has 106 valence electrons. The summed E-state index contributed by atoms with van der Waals surface area (Å²) in [5.74, 6) is -0.312. The highest BCUT2D eigenvalue weighted by Crippen LogP contribution is 2.37. The SMILES string of the molecule is N#Cc1ccc(NC[C@H]2COC3(CCCCC3)O2)cn1. The van der Waals surface area contributed by atoms with Crippen LogP contribution in [0.1, 0.15) is 37.8 Å². The van der Waals surface area contributed by atoms with Gasteiger partial charge in [-0.05, 0) is 25.0 Å². The summed E-state index contributed by atoms with van der Waals surface area (Å²) in [4.78, 5) is 4.03. The molecule has 2 fully saturated rings. The summed E-state index contributed by atoms with van der Waals surface area (Å²) < 4.78 is 12.0. The molecule has 20 heavy (non-hydrogen) atoms. The van der Waals surface area contributed by atoms with Crippen molar-refractivity contribution in [2.45, 2.75) is 44.0 Å². The number of hydrogen-bond acceptors (Lipinski definition) is 5. The van der Waals surface area contributed by atoms with Crippen LogP contribution in [0.2, 0.25) is 0 Å². The standard InChI is InChI=1S/C15H19N3O2/c16-8-12-4-5-13(9-17-12)18-10-14-11-19-15(20-14)6-2-1-3-7-15/h4-5,9,14,18H,1-3,6-7,10-11H2/t14-/m0/s1. The first-order valence-electron chi connectivity index (χ1n) is 7.21. The van der Waals surface area contributed by atoms with E-state index in [1.807, 2.05) is 12.1 Å². The summed E-state index contributed by atoms with van der Waals surface area (Å²) >= 11 is 0. The quantitative estimate of drug-likeness (QED) is 0.916. The maximum Gasteiger partial charge on any atom is 0.168 e. The smallest absolute Gasteiger partial charge is 0.168 e. The second-order valence-corrected chi connectivity index (χ2v) is 5.45. The van der Waals surface area contributed by atoms with Crippen molar-refractivity contribution in [3.05, 3.63) is 24.0 Å². The highest BCUT2D eigenvalue weighted by Gasteiger charge is 2.41. The lowest BCUT2D eigenvalue weighted by atomic mass is 9.94. The molecule has 0 amide bonds. The van der Waals surface area contributed by atoms with Gasteiger partial charge < -0.3 is 14.8 Å². The predicted octanol–water partition coefficient (Wildman–Crippen LogP) is 2.44. The van der Waals surface area contributed by atoms with Crippen LogP contribution < -0.4 is 5.32 Å². The topological polar surface area (TPSA) is 67.2 Å². The first-order valence-corrected chi connectivity index (χ1v) is 7.21. The van der Waals surface area contributed by atoms with E-state index in [4.69, 9.17) is 14.7 Å². The summed E-state index contributed by atoms with van der Waals surface area (Å²) in [6, 6.07) is 5.57. The molecule has 2 aliphatic rings. The Morgan fingerprint density at radius 3 is 2.90 bits per heavy atom. The van der Waals surface area contributed by atoms with E-state index in [0.29, 0.717) is 18.8 Å². The van der Waals surface area contributed by atoms with Gasteiger partial charge in [-0.3, -0.25) is 0 Å². The zero-order valence-electron chi connectivity index (χ0n) is 11.5. The van der Waals surface area contributed by atoms with Gasteiger partial charge in [0.15, 0.2) is 5.79 Å². The fraction of sp³-hybridized carbons (Fsp3) is 0.600. The molecule has 1 aromatic heterocycles. The minimum atomic E-state index is -0.312. The van der Waals surface area contributed by atoms with Crippen molar-refractivity contribution < 1.29 is 9.47 Å².